The Balaban J connectivity index is 1.35. The van der Waals surface area contributed by atoms with Gasteiger partial charge in [-0.2, -0.15) is 4.98 Å². The molecule has 2 aromatic rings. The van der Waals surface area contributed by atoms with Crippen LogP contribution in [0.3, 0.4) is 0 Å². The Kier molecular flexibility index (Phi) is 7.69. The van der Waals surface area contributed by atoms with Crippen molar-refractivity contribution >= 4 is 52.7 Å². The molecule has 0 saturated carbocycles. The van der Waals surface area contributed by atoms with E-state index in [1.54, 1.807) is 18.3 Å². The summed E-state index contributed by atoms with van der Waals surface area (Å²) in [6.07, 6.45) is 3.21. The van der Waals surface area contributed by atoms with Gasteiger partial charge in [-0.15, -0.1) is 0 Å². The highest BCUT2D eigenvalue weighted by Gasteiger charge is 2.30. The van der Waals surface area contributed by atoms with Crippen LogP contribution in [0, 0.1) is 0 Å². The fraction of sp³-hybridized carbons (Fsp3) is 0.500. The molecule has 1 amide bonds. The minimum absolute atomic E-state index is 0.0265. The molecule has 2 fully saturated rings. The van der Waals surface area contributed by atoms with Gasteiger partial charge in [-0.25, -0.2) is 9.78 Å². The molecule has 2 aliphatic rings. The molecule has 1 aromatic carbocycles. The first-order chi connectivity index (χ1) is 15.8. The zero-order valence-corrected chi connectivity index (χ0v) is 20.4. The van der Waals surface area contributed by atoms with Crippen molar-refractivity contribution in [3.05, 3.63) is 45.0 Å². The van der Waals surface area contributed by atoms with Crippen molar-refractivity contribution in [3.63, 3.8) is 0 Å². The topological polar surface area (TPSA) is 90.8 Å². The highest BCUT2D eigenvalue weighted by atomic mass is 35.5. The Morgan fingerprint density at radius 3 is 2.55 bits per heavy atom. The average molecular weight is 515 g/mol. The van der Waals surface area contributed by atoms with Crippen LogP contribution < -0.4 is 10.2 Å². The number of piperidine rings is 1. The quantitative estimate of drug-likeness (QED) is 0.537. The molecule has 33 heavy (non-hydrogen) atoms. The van der Waals surface area contributed by atoms with Gasteiger partial charge in [0.2, 0.25) is 5.95 Å². The summed E-state index contributed by atoms with van der Waals surface area (Å²) in [7, 11) is 0. The number of carbonyl (C=O) groups is 1. The van der Waals surface area contributed by atoms with Crippen molar-refractivity contribution in [1.29, 1.82) is 0 Å². The lowest BCUT2D eigenvalue weighted by Crippen LogP contribution is -2.40. The van der Waals surface area contributed by atoms with Gasteiger partial charge in [0.1, 0.15) is 5.02 Å². The van der Waals surface area contributed by atoms with E-state index in [1.807, 2.05) is 13.0 Å². The summed E-state index contributed by atoms with van der Waals surface area (Å²) in [5.41, 5.74) is 0.892. The fourth-order valence-corrected chi connectivity index (χ4v) is 4.94. The maximum Gasteiger partial charge on any atom is 0.407 e. The summed E-state index contributed by atoms with van der Waals surface area (Å²) in [6, 6.07) is 5.25. The van der Waals surface area contributed by atoms with E-state index in [1.165, 1.54) is 4.90 Å². The lowest BCUT2D eigenvalue weighted by molar-refractivity contribution is -0.0173. The molecular weight excluding hydrogens is 489 g/mol. The predicted molar refractivity (Wildman–Crippen MR) is 130 cm³/mol. The molecule has 1 unspecified atom stereocenters. The molecule has 178 valence electrons. The fourth-order valence-electron chi connectivity index (χ4n) is 4.22. The Labute approximate surface area is 207 Å². The van der Waals surface area contributed by atoms with E-state index in [-0.39, 0.29) is 18.2 Å². The van der Waals surface area contributed by atoms with Gasteiger partial charge in [-0.05, 0) is 43.9 Å². The first-order valence-electron chi connectivity index (χ1n) is 10.9. The van der Waals surface area contributed by atoms with Gasteiger partial charge < -0.3 is 25.0 Å². The minimum Gasteiger partial charge on any atom is -0.465 e. The smallest absolute Gasteiger partial charge is 0.407 e. The number of hydrogen-bond donors (Lipinski definition) is 2. The normalized spacial score (nSPS) is 20.2. The number of rotatable bonds is 6. The third-order valence-electron chi connectivity index (χ3n) is 6.04. The first kappa shape index (κ1) is 24.1. The molecule has 2 atom stereocenters. The van der Waals surface area contributed by atoms with Crippen molar-refractivity contribution < 1.29 is 14.6 Å². The van der Waals surface area contributed by atoms with Crippen molar-refractivity contribution in [2.75, 3.05) is 36.4 Å². The maximum absolute atomic E-state index is 11.1. The van der Waals surface area contributed by atoms with E-state index in [4.69, 9.17) is 44.6 Å². The molecule has 2 N–H and O–H groups in total. The number of nitrogens with one attached hydrogen (secondary N) is 1. The molecule has 3 heterocycles. The number of halogens is 3. The van der Waals surface area contributed by atoms with Gasteiger partial charge in [0.05, 0.1) is 31.0 Å². The molecule has 4 rings (SSSR count). The number of carboxylic acid groups (broad SMARTS) is 1. The third kappa shape index (κ3) is 5.93. The van der Waals surface area contributed by atoms with Crippen molar-refractivity contribution in [2.24, 2.45) is 0 Å². The van der Waals surface area contributed by atoms with Gasteiger partial charge in [0, 0.05) is 29.7 Å². The van der Waals surface area contributed by atoms with E-state index in [0.29, 0.717) is 39.9 Å². The van der Waals surface area contributed by atoms with E-state index in [9.17, 15) is 4.79 Å². The van der Waals surface area contributed by atoms with Gasteiger partial charge in [-0.1, -0.05) is 40.9 Å². The van der Waals surface area contributed by atoms with Crippen LogP contribution in [0.4, 0.5) is 16.6 Å². The predicted octanol–water partition coefficient (Wildman–Crippen LogP) is 5.35. The molecule has 0 aliphatic carbocycles. The Hall–Kier alpha value is -2.00. The second-order valence-corrected chi connectivity index (χ2v) is 9.61. The van der Waals surface area contributed by atoms with Gasteiger partial charge >= 0.3 is 6.09 Å². The number of aromatic nitrogens is 2. The van der Waals surface area contributed by atoms with Crippen LogP contribution in [0.25, 0.3) is 0 Å². The van der Waals surface area contributed by atoms with E-state index >= 15 is 0 Å². The van der Waals surface area contributed by atoms with Crippen LogP contribution in [0.2, 0.25) is 15.1 Å². The number of anilines is 2. The molecular formula is C22H26Cl3N5O3. The molecule has 2 aliphatic heterocycles. The highest BCUT2D eigenvalue weighted by molar-refractivity contribution is 6.35. The number of nitrogens with zero attached hydrogens (tertiary/aromatic N) is 4. The van der Waals surface area contributed by atoms with E-state index in [0.717, 1.165) is 37.9 Å². The molecule has 1 aromatic heterocycles. The zero-order chi connectivity index (χ0) is 23.5. The summed E-state index contributed by atoms with van der Waals surface area (Å²) >= 11 is 18.7. The van der Waals surface area contributed by atoms with Gasteiger partial charge in [0.15, 0.2) is 5.82 Å². The summed E-state index contributed by atoms with van der Waals surface area (Å²) < 4.78 is 6.15. The Morgan fingerprint density at radius 2 is 1.88 bits per heavy atom. The van der Waals surface area contributed by atoms with Crippen LogP contribution in [0.5, 0.6) is 0 Å². The number of hydrogen-bond acceptors (Lipinski definition) is 6. The second-order valence-electron chi connectivity index (χ2n) is 8.36. The summed E-state index contributed by atoms with van der Waals surface area (Å²) in [5.74, 6) is 1.14. The molecule has 0 radical (unpaired) electrons. The average Bonchev–Trinajstić information content (AvgIpc) is 3.25. The van der Waals surface area contributed by atoms with Crippen LogP contribution >= 0.6 is 34.8 Å². The van der Waals surface area contributed by atoms with Crippen molar-refractivity contribution in [2.45, 2.75) is 44.4 Å². The Bertz CT molecular complexity index is 1000. The summed E-state index contributed by atoms with van der Waals surface area (Å²) in [4.78, 5) is 23.7. The number of benzene rings is 1. The van der Waals surface area contributed by atoms with Gasteiger partial charge in [-0.3, -0.25) is 0 Å². The largest absolute Gasteiger partial charge is 0.465 e. The molecule has 8 nitrogen and oxygen atoms in total. The molecule has 0 spiro atoms. The lowest BCUT2D eigenvalue weighted by atomic mass is 10.1. The highest BCUT2D eigenvalue weighted by Crippen LogP contribution is 2.31. The summed E-state index contributed by atoms with van der Waals surface area (Å²) in [6.45, 7) is 4.46. The monoisotopic (exact) mass is 513 g/mol. The maximum atomic E-state index is 11.1. The van der Waals surface area contributed by atoms with Crippen LogP contribution in [0.15, 0.2) is 24.4 Å². The van der Waals surface area contributed by atoms with Crippen molar-refractivity contribution in [3.8, 4) is 0 Å². The van der Waals surface area contributed by atoms with Crippen LogP contribution in [0.1, 0.15) is 37.8 Å². The molecule has 0 bridgehead atoms. The summed E-state index contributed by atoms with van der Waals surface area (Å²) in [5, 5.41) is 14.0. The number of likely N-dealkylation sites (tertiary alicyclic amines) is 1. The third-order valence-corrected chi connectivity index (χ3v) is 6.88. The number of amides is 1. The lowest BCUT2D eigenvalue weighted by Gasteiger charge is -2.33. The van der Waals surface area contributed by atoms with E-state index in [2.05, 4.69) is 20.2 Å². The Morgan fingerprint density at radius 1 is 1.15 bits per heavy atom. The van der Waals surface area contributed by atoms with E-state index < -0.39 is 6.09 Å². The second kappa shape index (κ2) is 10.5. The molecule has 11 heteroatoms. The zero-order valence-electron chi connectivity index (χ0n) is 18.2. The minimum atomic E-state index is -0.882. The SMILES string of the molecule is C[C@@H](Nc1nc(N2CCC(OC3CCN(C(=O)O)C3)CC2)ncc1Cl)c1ccc(Cl)cc1Cl. The van der Waals surface area contributed by atoms with Gasteiger partial charge in [0.25, 0.3) is 0 Å². The number of ether oxygens (including phenoxy) is 1. The van der Waals surface area contributed by atoms with Crippen LogP contribution in [-0.2, 0) is 4.74 Å². The molecule has 2 saturated heterocycles. The van der Waals surface area contributed by atoms with Crippen molar-refractivity contribution in [1.82, 2.24) is 14.9 Å². The standard InChI is InChI=1S/C22H26Cl3N5O3/c1-13(17-3-2-14(23)10-18(17)24)27-20-19(25)11-26-21(28-20)29-7-4-15(5-8-29)33-16-6-9-30(12-16)22(31)32/h2-3,10-11,13,15-16H,4-9,12H2,1H3,(H,31,32)(H,26,27,28)/t13-,16?/m1/s1. The van der Waals surface area contributed by atoms with Crippen LogP contribution in [-0.4, -0.2) is 64.5 Å². The first-order valence-corrected chi connectivity index (χ1v) is 12.1.